The van der Waals surface area contributed by atoms with Crippen LogP contribution < -0.4 is 11.1 Å². The quantitative estimate of drug-likeness (QED) is 0.434. The molecule has 0 unspecified atom stereocenters. The third-order valence-corrected chi connectivity index (χ3v) is 6.20. The zero-order valence-electron chi connectivity index (χ0n) is 16.6. The van der Waals surface area contributed by atoms with Gasteiger partial charge >= 0.3 is 0 Å². The highest BCUT2D eigenvalue weighted by atomic mass is 35.5. The number of hydrogen-bond acceptors (Lipinski definition) is 4. The first kappa shape index (κ1) is 20.8. The number of nitrogens with two attached hydrogens (primary N) is 1. The number of nitrogens with zero attached hydrogens (tertiary/aromatic N) is 2. The first-order chi connectivity index (χ1) is 14.9. The molecule has 3 N–H and O–H groups in total. The fourth-order valence-electron chi connectivity index (χ4n) is 3.36. The van der Waals surface area contributed by atoms with Crippen LogP contribution in [0, 0.1) is 6.92 Å². The Morgan fingerprint density at radius 3 is 2.55 bits per heavy atom. The molecule has 0 atom stereocenters. The maximum absolute atomic E-state index is 12.8. The van der Waals surface area contributed by atoms with Crippen molar-refractivity contribution in [2.45, 2.75) is 13.5 Å². The van der Waals surface area contributed by atoms with E-state index in [2.05, 4.69) is 10.4 Å². The summed E-state index contributed by atoms with van der Waals surface area (Å²) in [5, 5.41) is 8.14. The van der Waals surface area contributed by atoms with Gasteiger partial charge < -0.3 is 11.1 Å². The summed E-state index contributed by atoms with van der Waals surface area (Å²) >= 11 is 7.52. The normalized spacial score (nSPS) is 10.8. The average molecular weight is 451 g/mol. The molecule has 6 nitrogen and oxygen atoms in total. The Labute approximate surface area is 188 Å². The van der Waals surface area contributed by atoms with Crippen LogP contribution in [0.3, 0.4) is 0 Å². The average Bonchev–Trinajstić information content (AvgIpc) is 3.34. The number of amides is 2. The lowest BCUT2D eigenvalue weighted by Gasteiger charge is -2.06. The summed E-state index contributed by atoms with van der Waals surface area (Å²) < 4.78 is 1.64. The molecular weight excluding hydrogens is 432 g/mol. The van der Waals surface area contributed by atoms with Crippen molar-refractivity contribution >= 4 is 39.8 Å². The number of carbonyl (C=O) groups is 2. The molecule has 156 valence electrons. The molecule has 0 spiro atoms. The summed E-state index contributed by atoms with van der Waals surface area (Å²) in [5.74, 6) is -0.957. The summed E-state index contributed by atoms with van der Waals surface area (Å²) in [6, 6.07) is 17.0. The van der Waals surface area contributed by atoms with E-state index in [1.807, 2.05) is 61.5 Å². The molecule has 0 saturated heterocycles. The Morgan fingerprint density at radius 1 is 1.13 bits per heavy atom. The topological polar surface area (TPSA) is 90.0 Å². The molecule has 0 bridgehead atoms. The van der Waals surface area contributed by atoms with Crippen molar-refractivity contribution in [1.82, 2.24) is 9.78 Å². The van der Waals surface area contributed by atoms with Gasteiger partial charge in [-0.1, -0.05) is 60.1 Å². The van der Waals surface area contributed by atoms with E-state index < -0.39 is 5.91 Å². The number of benzene rings is 2. The molecule has 0 aliphatic carbocycles. The van der Waals surface area contributed by atoms with Gasteiger partial charge in [-0.2, -0.15) is 5.10 Å². The third kappa shape index (κ3) is 4.38. The van der Waals surface area contributed by atoms with Gasteiger partial charge in [0.1, 0.15) is 5.00 Å². The lowest BCUT2D eigenvalue weighted by atomic mass is 10.0. The number of halogens is 1. The lowest BCUT2D eigenvalue weighted by Crippen LogP contribution is -2.17. The first-order valence-electron chi connectivity index (χ1n) is 9.50. The van der Waals surface area contributed by atoms with E-state index in [1.54, 1.807) is 10.9 Å². The Hall–Kier alpha value is -3.42. The number of anilines is 1. The molecule has 4 rings (SSSR count). The summed E-state index contributed by atoms with van der Waals surface area (Å²) in [6.07, 6.45) is 3.12. The molecule has 0 fully saturated rings. The zero-order chi connectivity index (χ0) is 22.0. The van der Waals surface area contributed by atoms with Crippen LogP contribution in [-0.4, -0.2) is 21.6 Å². The van der Waals surface area contributed by atoms with Crippen LogP contribution in [0.4, 0.5) is 5.00 Å². The SMILES string of the molecule is Cc1sc(NC(=O)c2cnn(Cc3ccccc3Cl)c2)c(C(N)=O)c1-c1ccccc1. The number of rotatable bonds is 6. The number of aromatic nitrogens is 2. The van der Waals surface area contributed by atoms with Gasteiger partial charge in [0, 0.05) is 21.7 Å². The fraction of sp³-hybridized carbons (Fsp3) is 0.0870. The maximum atomic E-state index is 12.8. The molecular formula is C23H19ClN4O2S. The van der Waals surface area contributed by atoms with Crippen molar-refractivity contribution in [3.05, 3.63) is 93.6 Å². The van der Waals surface area contributed by atoms with E-state index in [9.17, 15) is 9.59 Å². The largest absolute Gasteiger partial charge is 0.365 e. The van der Waals surface area contributed by atoms with E-state index in [0.29, 0.717) is 27.7 Å². The Bertz CT molecular complexity index is 1260. The summed E-state index contributed by atoms with van der Waals surface area (Å²) in [5.41, 5.74) is 8.86. The number of primary amides is 1. The minimum atomic E-state index is -0.590. The predicted molar refractivity (Wildman–Crippen MR) is 124 cm³/mol. The highest BCUT2D eigenvalue weighted by Crippen LogP contribution is 2.39. The number of nitrogens with one attached hydrogen (secondary N) is 1. The molecule has 2 heterocycles. The second-order valence-electron chi connectivity index (χ2n) is 6.94. The van der Waals surface area contributed by atoms with Gasteiger partial charge in [0.15, 0.2) is 0 Å². The Morgan fingerprint density at radius 2 is 1.84 bits per heavy atom. The molecule has 2 amide bonds. The smallest absolute Gasteiger partial charge is 0.259 e. The summed E-state index contributed by atoms with van der Waals surface area (Å²) in [7, 11) is 0. The molecule has 0 aliphatic heterocycles. The molecule has 2 aromatic heterocycles. The summed E-state index contributed by atoms with van der Waals surface area (Å²) in [6.45, 7) is 2.34. The number of carbonyl (C=O) groups excluding carboxylic acids is 2. The maximum Gasteiger partial charge on any atom is 0.259 e. The van der Waals surface area contributed by atoms with E-state index in [4.69, 9.17) is 17.3 Å². The van der Waals surface area contributed by atoms with Crippen LogP contribution in [0.1, 0.15) is 31.2 Å². The molecule has 8 heteroatoms. The Balaban J connectivity index is 1.59. The zero-order valence-corrected chi connectivity index (χ0v) is 18.2. The molecule has 0 saturated carbocycles. The van der Waals surface area contributed by atoms with Crippen molar-refractivity contribution in [2.75, 3.05) is 5.32 Å². The van der Waals surface area contributed by atoms with Crippen molar-refractivity contribution in [2.24, 2.45) is 5.73 Å². The second-order valence-corrected chi connectivity index (χ2v) is 8.57. The molecule has 2 aromatic carbocycles. The van der Waals surface area contributed by atoms with Crippen LogP contribution in [-0.2, 0) is 6.54 Å². The number of thiophene rings is 1. The molecule has 4 aromatic rings. The monoisotopic (exact) mass is 450 g/mol. The first-order valence-corrected chi connectivity index (χ1v) is 10.7. The van der Waals surface area contributed by atoms with Gasteiger partial charge in [-0.25, -0.2) is 0 Å². The molecule has 0 aliphatic rings. The van der Waals surface area contributed by atoms with Crippen LogP contribution in [0.25, 0.3) is 11.1 Å². The number of aryl methyl sites for hydroxylation is 1. The van der Waals surface area contributed by atoms with Crippen LogP contribution >= 0.6 is 22.9 Å². The van der Waals surface area contributed by atoms with Crippen LogP contribution in [0.2, 0.25) is 5.02 Å². The fourth-order valence-corrected chi connectivity index (χ4v) is 4.64. The van der Waals surface area contributed by atoms with E-state index in [-0.39, 0.29) is 5.91 Å². The highest BCUT2D eigenvalue weighted by molar-refractivity contribution is 7.17. The third-order valence-electron chi connectivity index (χ3n) is 4.81. The minimum absolute atomic E-state index is 0.311. The van der Waals surface area contributed by atoms with Crippen LogP contribution in [0.5, 0.6) is 0 Å². The van der Waals surface area contributed by atoms with Crippen molar-refractivity contribution in [1.29, 1.82) is 0 Å². The van der Waals surface area contributed by atoms with E-state index >= 15 is 0 Å². The van der Waals surface area contributed by atoms with Gasteiger partial charge in [0.25, 0.3) is 11.8 Å². The van der Waals surface area contributed by atoms with Crippen LogP contribution in [0.15, 0.2) is 67.0 Å². The Kier molecular flexibility index (Phi) is 5.88. The molecule has 0 radical (unpaired) electrons. The van der Waals surface area contributed by atoms with Gasteiger partial charge in [0.2, 0.25) is 0 Å². The highest BCUT2D eigenvalue weighted by Gasteiger charge is 2.23. The van der Waals surface area contributed by atoms with Gasteiger partial charge in [-0.3, -0.25) is 14.3 Å². The van der Waals surface area contributed by atoms with E-state index in [0.717, 1.165) is 21.6 Å². The molecule has 31 heavy (non-hydrogen) atoms. The van der Waals surface area contributed by atoms with Crippen molar-refractivity contribution in [3.8, 4) is 11.1 Å². The van der Waals surface area contributed by atoms with Gasteiger partial charge in [-0.05, 0) is 24.1 Å². The van der Waals surface area contributed by atoms with E-state index in [1.165, 1.54) is 17.5 Å². The second kappa shape index (κ2) is 8.75. The van der Waals surface area contributed by atoms with Crippen molar-refractivity contribution in [3.63, 3.8) is 0 Å². The minimum Gasteiger partial charge on any atom is -0.365 e. The van der Waals surface area contributed by atoms with Gasteiger partial charge in [-0.15, -0.1) is 11.3 Å². The number of hydrogen-bond donors (Lipinski definition) is 2. The predicted octanol–water partition coefficient (Wildman–Crippen LogP) is 4.97. The van der Waals surface area contributed by atoms with Crippen molar-refractivity contribution < 1.29 is 9.59 Å². The lowest BCUT2D eigenvalue weighted by molar-refractivity contribution is 0.100. The van der Waals surface area contributed by atoms with Gasteiger partial charge in [0.05, 0.1) is 23.9 Å². The summed E-state index contributed by atoms with van der Waals surface area (Å²) in [4.78, 5) is 26.0. The standard InChI is InChI=1S/C23H19ClN4O2S/c1-14-19(15-7-3-2-4-8-15)20(21(25)29)23(31-14)27-22(30)17-11-26-28(13-17)12-16-9-5-6-10-18(16)24/h2-11,13H,12H2,1H3,(H2,25,29)(H,27,30).